The van der Waals surface area contributed by atoms with Crippen LogP contribution < -0.4 is 10.6 Å². The van der Waals surface area contributed by atoms with E-state index < -0.39 is 0 Å². The van der Waals surface area contributed by atoms with Crippen LogP contribution in [0.1, 0.15) is 22.3 Å². The molecule has 0 atom stereocenters. The Balaban J connectivity index is 1.37. The lowest BCUT2D eigenvalue weighted by Crippen LogP contribution is -2.34. The van der Waals surface area contributed by atoms with Crippen LogP contribution in [0.4, 0.5) is 0 Å². The number of phenols is 1. The van der Waals surface area contributed by atoms with E-state index in [-0.39, 0.29) is 29.7 Å². The van der Waals surface area contributed by atoms with Crippen LogP contribution in [-0.2, 0) is 11.2 Å². The van der Waals surface area contributed by atoms with Crippen LogP contribution in [0, 0.1) is 0 Å². The third-order valence-corrected chi connectivity index (χ3v) is 4.18. The van der Waals surface area contributed by atoms with E-state index in [9.17, 15) is 14.7 Å². The normalized spacial score (nSPS) is 10.4. The van der Waals surface area contributed by atoms with Gasteiger partial charge in [-0.25, -0.2) is 4.68 Å². The van der Waals surface area contributed by atoms with Gasteiger partial charge in [-0.1, -0.05) is 30.3 Å². The summed E-state index contributed by atoms with van der Waals surface area (Å²) < 4.78 is 1.78. The molecular formula is C21H22N4O3. The molecule has 0 bridgehead atoms. The molecule has 3 N–H and O–H groups in total. The monoisotopic (exact) mass is 378 g/mol. The highest BCUT2D eigenvalue weighted by molar-refractivity contribution is 5.96. The first kappa shape index (κ1) is 19.2. The lowest BCUT2D eigenvalue weighted by atomic mass is 10.2. The Bertz CT molecular complexity index is 938. The van der Waals surface area contributed by atoms with Crippen LogP contribution in [0.2, 0.25) is 0 Å². The molecule has 0 saturated heterocycles. The summed E-state index contributed by atoms with van der Waals surface area (Å²) in [6.45, 7) is 0.603. The number of para-hydroxylation sites is 2. The lowest BCUT2D eigenvalue weighted by molar-refractivity contribution is -0.121. The number of aromatic hydroxyl groups is 1. The Kier molecular flexibility index (Phi) is 6.41. The molecule has 2 aromatic carbocycles. The zero-order chi connectivity index (χ0) is 19.8. The highest BCUT2D eigenvalue weighted by atomic mass is 16.3. The summed E-state index contributed by atoms with van der Waals surface area (Å²) in [6, 6.07) is 16.1. The molecule has 144 valence electrons. The molecule has 0 radical (unpaired) electrons. The summed E-state index contributed by atoms with van der Waals surface area (Å²) >= 11 is 0. The maximum Gasteiger partial charge on any atom is 0.255 e. The van der Waals surface area contributed by atoms with Crippen molar-refractivity contribution in [1.82, 2.24) is 20.4 Å². The Hall–Kier alpha value is -3.61. The van der Waals surface area contributed by atoms with E-state index >= 15 is 0 Å². The topological polar surface area (TPSA) is 96.3 Å². The molecule has 28 heavy (non-hydrogen) atoms. The average molecular weight is 378 g/mol. The second-order valence-electron chi connectivity index (χ2n) is 6.25. The summed E-state index contributed by atoms with van der Waals surface area (Å²) in [7, 11) is 0. The smallest absolute Gasteiger partial charge is 0.255 e. The van der Waals surface area contributed by atoms with Crippen LogP contribution >= 0.6 is 0 Å². The van der Waals surface area contributed by atoms with Gasteiger partial charge in [0.2, 0.25) is 5.91 Å². The van der Waals surface area contributed by atoms with Gasteiger partial charge in [-0.2, -0.15) is 5.10 Å². The highest BCUT2D eigenvalue weighted by Gasteiger charge is 2.09. The fourth-order valence-electron chi connectivity index (χ4n) is 2.70. The first-order valence-corrected chi connectivity index (χ1v) is 9.05. The van der Waals surface area contributed by atoms with Crippen molar-refractivity contribution in [3.63, 3.8) is 0 Å². The zero-order valence-electron chi connectivity index (χ0n) is 15.3. The quantitative estimate of drug-likeness (QED) is 0.523. The third kappa shape index (κ3) is 5.20. The van der Waals surface area contributed by atoms with Crippen LogP contribution in [0.15, 0.2) is 67.0 Å². The fraction of sp³-hybridized carbons (Fsp3) is 0.190. The molecule has 0 spiro atoms. The molecule has 7 nitrogen and oxygen atoms in total. The molecule has 7 heteroatoms. The maximum atomic E-state index is 12.0. The summed E-state index contributed by atoms with van der Waals surface area (Å²) in [5.74, 6) is -0.537. The summed E-state index contributed by atoms with van der Waals surface area (Å²) in [6.07, 6.45) is 4.60. The van der Waals surface area contributed by atoms with E-state index in [4.69, 9.17) is 0 Å². The van der Waals surface area contributed by atoms with Gasteiger partial charge < -0.3 is 15.7 Å². The molecular weight excluding hydrogens is 356 g/mol. The number of carbonyl (C=O) groups excluding carboxylic acids is 2. The van der Waals surface area contributed by atoms with Crippen molar-refractivity contribution in [2.45, 2.75) is 12.8 Å². The molecule has 0 aliphatic rings. The Labute approximate surface area is 163 Å². The number of aryl methyl sites for hydroxylation is 1. The minimum Gasteiger partial charge on any atom is -0.507 e. The standard InChI is InChI=1S/C21H22N4O3/c26-19-9-5-4-8-18(19)21(28)23-13-12-22-20(27)11-10-16-14-24-25(15-16)17-6-2-1-3-7-17/h1-9,14-15,26H,10-13H2,(H,22,27)(H,23,28). The van der Waals surface area contributed by atoms with Gasteiger partial charge in [0.25, 0.3) is 5.91 Å². The highest BCUT2D eigenvalue weighted by Crippen LogP contribution is 2.14. The molecule has 0 fully saturated rings. The van der Waals surface area contributed by atoms with Crippen LogP contribution in [0.3, 0.4) is 0 Å². The molecule has 2 amide bonds. The number of hydrogen-bond acceptors (Lipinski definition) is 4. The number of phenolic OH excluding ortho intramolecular Hbond substituents is 1. The van der Waals surface area contributed by atoms with Gasteiger partial charge in [-0.05, 0) is 36.2 Å². The van der Waals surface area contributed by atoms with Gasteiger partial charge in [0.1, 0.15) is 5.75 Å². The summed E-state index contributed by atoms with van der Waals surface area (Å²) in [5.41, 5.74) is 2.16. The maximum absolute atomic E-state index is 12.0. The SMILES string of the molecule is O=C(CCc1cnn(-c2ccccc2)c1)NCCNC(=O)c1ccccc1O. The third-order valence-electron chi connectivity index (χ3n) is 4.18. The number of rotatable bonds is 8. The van der Waals surface area contributed by atoms with Crippen molar-refractivity contribution < 1.29 is 14.7 Å². The van der Waals surface area contributed by atoms with Gasteiger partial charge >= 0.3 is 0 Å². The first-order chi connectivity index (χ1) is 13.6. The van der Waals surface area contributed by atoms with Crippen LogP contribution in [0.5, 0.6) is 5.75 Å². The van der Waals surface area contributed by atoms with Crippen molar-refractivity contribution in [3.05, 3.63) is 78.1 Å². The number of carbonyl (C=O) groups is 2. The van der Waals surface area contributed by atoms with E-state index in [2.05, 4.69) is 15.7 Å². The second kappa shape index (κ2) is 9.36. The van der Waals surface area contributed by atoms with E-state index in [1.54, 1.807) is 29.1 Å². The lowest BCUT2D eigenvalue weighted by Gasteiger charge is -2.08. The molecule has 3 aromatic rings. The average Bonchev–Trinajstić information content (AvgIpc) is 3.20. The van der Waals surface area contributed by atoms with Crippen LogP contribution in [0.25, 0.3) is 5.69 Å². The van der Waals surface area contributed by atoms with Gasteiger partial charge in [0, 0.05) is 25.7 Å². The van der Waals surface area contributed by atoms with E-state index in [1.165, 1.54) is 6.07 Å². The first-order valence-electron chi connectivity index (χ1n) is 9.05. The Morgan fingerprint density at radius 1 is 0.964 bits per heavy atom. The molecule has 0 aliphatic heterocycles. The second-order valence-corrected chi connectivity index (χ2v) is 6.25. The predicted molar refractivity (Wildman–Crippen MR) is 105 cm³/mol. The van der Waals surface area contributed by atoms with Gasteiger partial charge in [0.05, 0.1) is 17.4 Å². The summed E-state index contributed by atoms with van der Waals surface area (Å²) in [4.78, 5) is 23.9. The minimum absolute atomic E-state index is 0.0694. The van der Waals surface area contributed by atoms with Crippen molar-refractivity contribution in [2.75, 3.05) is 13.1 Å². The molecule has 0 aliphatic carbocycles. The molecule has 0 unspecified atom stereocenters. The van der Waals surface area contributed by atoms with Gasteiger partial charge in [-0.3, -0.25) is 9.59 Å². The minimum atomic E-state index is -0.374. The Morgan fingerprint density at radius 2 is 1.68 bits per heavy atom. The van der Waals surface area contributed by atoms with E-state index in [0.717, 1.165) is 11.3 Å². The number of nitrogens with one attached hydrogen (secondary N) is 2. The largest absolute Gasteiger partial charge is 0.507 e. The predicted octanol–water partition coefficient (Wildman–Crippen LogP) is 2.06. The molecule has 1 heterocycles. The molecule has 0 saturated carbocycles. The number of amides is 2. The number of nitrogens with zero attached hydrogens (tertiary/aromatic N) is 2. The van der Waals surface area contributed by atoms with Crippen LogP contribution in [-0.4, -0.2) is 39.8 Å². The van der Waals surface area contributed by atoms with E-state index in [1.807, 2.05) is 36.5 Å². The number of hydrogen-bond donors (Lipinski definition) is 3. The van der Waals surface area contributed by atoms with Crippen molar-refractivity contribution in [3.8, 4) is 11.4 Å². The number of benzene rings is 2. The van der Waals surface area contributed by atoms with Crippen molar-refractivity contribution in [2.24, 2.45) is 0 Å². The fourth-order valence-corrected chi connectivity index (χ4v) is 2.70. The van der Waals surface area contributed by atoms with Gasteiger partial charge in [0.15, 0.2) is 0 Å². The zero-order valence-corrected chi connectivity index (χ0v) is 15.3. The van der Waals surface area contributed by atoms with E-state index in [0.29, 0.717) is 19.4 Å². The Morgan fingerprint density at radius 3 is 2.46 bits per heavy atom. The number of aromatic nitrogens is 2. The van der Waals surface area contributed by atoms with Crippen molar-refractivity contribution in [1.29, 1.82) is 0 Å². The molecule has 1 aromatic heterocycles. The summed E-state index contributed by atoms with van der Waals surface area (Å²) in [5, 5.41) is 19.4. The van der Waals surface area contributed by atoms with Gasteiger partial charge in [-0.15, -0.1) is 0 Å². The van der Waals surface area contributed by atoms with Crippen molar-refractivity contribution >= 4 is 11.8 Å². The molecule has 3 rings (SSSR count).